The van der Waals surface area contributed by atoms with Crippen molar-refractivity contribution in [3.63, 3.8) is 0 Å². The predicted molar refractivity (Wildman–Crippen MR) is 236 cm³/mol. The number of nitrogens with zero attached hydrogens (tertiary/aromatic N) is 2. The van der Waals surface area contributed by atoms with Crippen LogP contribution in [0, 0.1) is 30.6 Å². The average molecular weight is 870 g/mol. The number of carbonyl (C=O) groups is 7. The molecule has 0 saturated carbocycles. The lowest BCUT2D eigenvalue weighted by Gasteiger charge is -2.35. The molecule has 1 aromatic rings. The summed E-state index contributed by atoms with van der Waals surface area (Å²) in [7, 11) is 3.12. The van der Waals surface area contributed by atoms with E-state index >= 15 is 0 Å². The van der Waals surface area contributed by atoms with E-state index in [0.717, 1.165) is 11.1 Å². The minimum atomic E-state index is -1.47. The topological polar surface area (TPSA) is 216 Å². The lowest BCUT2D eigenvalue weighted by atomic mass is 9.91. The summed E-state index contributed by atoms with van der Waals surface area (Å²) in [6.45, 7) is 18.6. The maximum atomic E-state index is 14.6. The number of hydrogen-bond acceptors (Lipinski definition) is 10. The third kappa shape index (κ3) is 14.2. The van der Waals surface area contributed by atoms with E-state index in [2.05, 4.69) is 26.6 Å². The standard InChI is InChI=1S/C46H75N7O9/c1-13-29(9)39-36(54)24-37(55)49-38(27(6)7)42(57)48-33(22-26(4)5)44(59)53-20-14-15-34(53)45(60)52(12)35(23-31-18-16-28(8)17-19-31)46(61)62-30(10)40(43(58)50-39)51-41(56)32(47-11)21-25(2)3/h16-19,25-27,29-30,32-36,38-40,47,54H,13-15,20-24H2,1-12H3,(H,48,57)(H,49,55)(H,50,58)(H,51,56)/t29-,30+,32+,33-,34-,35-,36-,38-,39+,40-/m0/s1. The van der Waals surface area contributed by atoms with Crippen LogP contribution in [-0.4, -0.2) is 131 Å². The van der Waals surface area contributed by atoms with Crippen LogP contribution >= 0.6 is 0 Å². The van der Waals surface area contributed by atoms with E-state index in [1.54, 1.807) is 27.8 Å². The van der Waals surface area contributed by atoms with Gasteiger partial charge < -0.3 is 46.2 Å². The van der Waals surface area contributed by atoms with E-state index < -0.39 is 108 Å². The normalized spacial score (nSPS) is 27.5. The van der Waals surface area contributed by atoms with Crippen molar-refractivity contribution in [2.24, 2.45) is 23.7 Å². The molecule has 0 aromatic heterocycles. The molecule has 2 fully saturated rings. The van der Waals surface area contributed by atoms with E-state index in [4.69, 9.17) is 4.74 Å². The molecule has 0 aliphatic carbocycles. The fraction of sp³-hybridized carbons (Fsp3) is 0.717. The van der Waals surface area contributed by atoms with Gasteiger partial charge >= 0.3 is 5.97 Å². The van der Waals surface area contributed by atoms with Gasteiger partial charge in [-0.05, 0) is 75.8 Å². The van der Waals surface area contributed by atoms with Crippen LogP contribution in [0.15, 0.2) is 24.3 Å². The van der Waals surface area contributed by atoms with Gasteiger partial charge in [-0.2, -0.15) is 0 Å². The molecular formula is C46H75N7O9. The number of likely N-dealkylation sites (N-methyl/N-ethyl adjacent to an activating group) is 2. The Labute approximate surface area is 368 Å². The summed E-state index contributed by atoms with van der Waals surface area (Å²) < 4.78 is 6.08. The maximum Gasteiger partial charge on any atom is 0.329 e. The van der Waals surface area contributed by atoms with Gasteiger partial charge in [-0.15, -0.1) is 0 Å². The Morgan fingerprint density at radius 2 is 1.56 bits per heavy atom. The van der Waals surface area contributed by atoms with Crippen molar-refractivity contribution in [1.82, 2.24) is 36.4 Å². The van der Waals surface area contributed by atoms with Crippen molar-refractivity contribution in [3.05, 3.63) is 35.4 Å². The molecular weight excluding hydrogens is 795 g/mol. The number of carbonyl (C=O) groups excluding carboxylic acids is 7. The quantitative estimate of drug-likeness (QED) is 0.169. The SMILES string of the molecule is CC[C@H](C)[C@H]1NC(=O)[C@@H](NC(=O)[C@@H](CC(C)C)NC)[C@@H](C)OC(=O)[C@H](Cc2ccc(C)cc2)N(C)C(=O)[C@@H]2CCCN2C(=O)[C@H](CC(C)C)NC(=O)[C@H](C(C)C)NC(=O)C[C@@H]1O. The number of amides is 6. The van der Waals surface area contributed by atoms with Gasteiger partial charge in [0.15, 0.2) is 0 Å². The molecule has 2 heterocycles. The minimum Gasteiger partial charge on any atom is -0.458 e. The molecule has 0 spiro atoms. The summed E-state index contributed by atoms with van der Waals surface area (Å²) >= 11 is 0. The molecule has 3 rings (SSSR count). The van der Waals surface area contributed by atoms with E-state index in [1.165, 1.54) is 23.8 Å². The molecule has 1 aromatic carbocycles. The number of aliphatic hydroxyl groups is 1. The van der Waals surface area contributed by atoms with E-state index in [9.17, 15) is 38.7 Å². The number of hydrogen-bond donors (Lipinski definition) is 6. The van der Waals surface area contributed by atoms with Gasteiger partial charge in [-0.1, -0.05) is 91.6 Å². The minimum absolute atomic E-state index is 0.0309. The van der Waals surface area contributed by atoms with Crippen LogP contribution in [0.3, 0.4) is 0 Å². The average Bonchev–Trinajstić information content (AvgIpc) is 3.70. The van der Waals surface area contributed by atoms with E-state index in [1.807, 2.05) is 65.8 Å². The summed E-state index contributed by atoms with van der Waals surface area (Å²) in [6, 6.07) is 0.0467. The first-order valence-corrected chi connectivity index (χ1v) is 22.5. The van der Waals surface area contributed by atoms with Gasteiger partial charge in [0.05, 0.1) is 24.6 Å². The first-order chi connectivity index (χ1) is 29.1. The Bertz CT molecular complexity index is 1700. The predicted octanol–water partition coefficient (Wildman–Crippen LogP) is 2.37. The Hall–Kier alpha value is -4.57. The number of benzene rings is 1. The van der Waals surface area contributed by atoms with Crippen molar-refractivity contribution in [2.45, 2.75) is 169 Å². The number of esters is 1. The second-order valence-electron chi connectivity index (χ2n) is 18.6. The molecule has 16 nitrogen and oxygen atoms in total. The summed E-state index contributed by atoms with van der Waals surface area (Å²) in [5.41, 5.74) is 1.72. The highest BCUT2D eigenvalue weighted by Gasteiger charge is 2.44. The van der Waals surface area contributed by atoms with Crippen LogP contribution in [0.2, 0.25) is 0 Å². The number of rotatable bonds is 12. The second-order valence-corrected chi connectivity index (χ2v) is 18.6. The van der Waals surface area contributed by atoms with Crippen LogP contribution in [0.4, 0.5) is 0 Å². The number of cyclic esters (lactones) is 1. The highest BCUT2D eigenvalue weighted by Crippen LogP contribution is 2.25. The highest BCUT2D eigenvalue weighted by atomic mass is 16.5. The monoisotopic (exact) mass is 870 g/mol. The zero-order chi connectivity index (χ0) is 46.6. The summed E-state index contributed by atoms with van der Waals surface area (Å²) in [5, 5.41) is 25.8. The van der Waals surface area contributed by atoms with Crippen LogP contribution in [0.25, 0.3) is 0 Å². The Morgan fingerprint density at radius 1 is 0.919 bits per heavy atom. The van der Waals surface area contributed by atoms with Gasteiger partial charge in [0.25, 0.3) is 0 Å². The molecule has 16 heteroatoms. The lowest BCUT2D eigenvalue weighted by molar-refractivity contribution is -0.162. The summed E-state index contributed by atoms with van der Waals surface area (Å²) in [6.07, 6.45) is -1.14. The van der Waals surface area contributed by atoms with Gasteiger partial charge in [-0.25, -0.2) is 4.79 Å². The smallest absolute Gasteiger partial charge is 0.329 e. The molecule has 2 aliphatic heterocycles. The first kappa shape index (κ1) is 51.8. The zero-order valence-electron chi connectivity index (χ0n) is 39.1. The molecule has 2 saturated heterocycles. The molecule has 6 N–H and O–H groups in total. The Morgan fingerprint density at radius 3 is 2.13 bits per heavy atom. The molecule has 62 heavy (non-hydrogen) atoms. The van der Waals surface area contributed by atoms with Crippen molar-refractivity contribution < 1.29 is 43.4 Å². The van der Waals surface area contributed by atoms with Crippen LogP contribution < -0.4 is 26.6 Å². The van der Waals surface area contributed by atoms with Crippen molar-refractivity contribution in [1.29, 1.82) is 0 Å². The lowest BCUT2D eigenvalue weighted by Crippen LogP contribution is -2.61. The summed E-state index contributed by atoms with van der Waals surface area (Å²) in [4.78, 5) is 102. The zero-order valence-corrected chi connectivity index (χ0v) is 39.1. The third-order valence-electron chi connectivity index (χ3n) is 12.1. The van der Waals surface area contributed by atoms with Gasteiger partial charge in [0, 0.05) is 20.0 Å². The molecule has 0 radical (unpaired) electrons. The molecule has 6 amide bonds. The van der Waals surface area contributed by atoms with Crippen molar-refractivity contribution in [3.8, 4) is 0 Å². The van der Waals surface area contributed by atoms with Crippen LogP contribution in [0.1, 0.15) is 112 Å². The van der Waals surface area contributed by atoms with Crippen LogP contribution in [-0.2, 0) is 44.7 Å². The Kier molecular flexibility index (Phi) is 19.8. The van der Waals surface area contributed by atoms with Crippen molar-refractivity contribution in [2.75, 3.05) is 20.6 Å². The third-order valence-corrected chi connectivity index (χ3v) is 12.1. The maximum absolute atomic E-state index is 14.6. The number of nitrogens with one attached hydrogen (secondary N) is 5. The number of ether oxygens (including phenoxy) is 1. The number of fused-ring (bicyclic) bond motifs is 1. The second kappa shape index (κ2) is 23.8. The van der Waals surface area contributed by atoms with Gasteiger partial charge in [0.1, 0.15) is 36.3 Å². The molecule has 10 atom stereocenters. The fourth-order valence-corrected chi connectivity index (χ4v) is 8.17. The van der Waals surface area contributed by atoms with Crippen LogP contribution in [0.5, 0.6) is 0 Å². The van der Waals surface area contributed by atoms with Gasteiger partial charge in [0.2, 0.25) is 35.4 Å². The Balaban J connectivity index is 2.21. The molecule has 2 aliphatic rings. The molecule has 0 bridgehead atoms. The van der Waals surface area contributed by atoms with E-state index in [-0.39, 0.29) is 37.1 Å². The largest absolute Gasteiger partial charge is 0.458 e. The van der Waals surface area contributed by atoms with Gasteiger partial charge in [-0.3, -0.25) is 28.8 Å². The number of aryl methyl sites for hydroxylation is 1. The number of aliphatic hydroxyl groups excluding tert-OH is 1. The van der Waals surface area contributed by atoms with Crippen molar-refractivity contribution >= 4 is 41.4 Å². The highest BCUT2D eigenvalue weighted by molar-refractivity contribution is 5.96. The first-order valence-electron chi connectivity index (χ1n) is 22.5. The fourth-order valence-electron chi connectivity index (χ4n) is 8.17. The molecule has 0 unspecified atom stereocenters. The summed E-state index contributed by atoms with van der Waals surface area (Å²) in [5.74, 6) is -5.01. The molecule has 348 valence electrons. The van der Waals surface area contributed by atoms with E-state index in [0.29, 0.717) is 25.7 Å².